The minimum absolute atomic E-state index is 0.0706. The number of halogens is 1. The second-order valence-electron chi connectivity index (χ2n) is 3.85. The van der Waals surface area contributed by atoms with Crippen molar-refractivity contribution in [3.8, 4) is 0 Å². The summed E-state index contributed by atoms with van der Waals surface area (Å²) in [5.74, 6) is 0. The fourth-order valence-electron chi connectivity index (χ4n) is 1.72. The summed E-state index contributed by atoms with van der Waals surface area (Å²) in [5.41, 5.74) is 0.183. The van der Waals surface area contributed by atoms with Gasteiger partial charge in [-0.15, -0.1) is 0 Å². The van der Waals surface area contributed by atoms with E-state index in [1.54, 1.807) is 0 Å². The Morgan fingerprint density at radius 1 is 1.50 bits per heavy atom. The smallest absolute Gasteiger partial charge is 0.409 e. The number of rotatable bonds is 3. The fraction of sp³-hybridized carbons (Fsp3) is 0.300. The molecule has 0 unspecified atom stereocenters. The lowest BCUT2D eigenvalue weighted by atomic mass is 10.1. The molecule has 1 aliphatic rings. The number of hydrogen-bond acceptors (Lipinski definition) is 4. The summed E-state index contributed by atoms with van der Waals surface area (Å²) in [6.07, 6.45) is -0.329. The molecule has 0 aliphatic carbocycles. The zero-order valence-electron chi connectivity index (χ0n) is 9.22. The van der Waals surface area contributed by atoms with Crippen LogP contribution in [0.3, 0.4) is 0 Å². The number of carbonyl (C=O) groups is 1. The van der Waals surface area contributed by atoms with E-state index in [1.165, 1.54) is 12.1 Å². The van der Waals surface area contributed by atoms with E-state index in [2.05, 4.69) is 0 Å². The van der Waals surface area contributed by atoms with E-state index < -0.39 is 11.0 Å². The molecule has 0 bridgehead atoms. The van der Waals surface area contributed by atoms with Gasteiger partial charge in [0, 0.05) is 19.2 Å². The normalized spacial score (nSPS) is 13.9. The van der Waals surface area contributed by atoms with Crippen molar-refractivity contribution in [2.75, 3.05) is 23.3 Å². The molecular weight excluding hydrogens is 262 g/mol. The fourth-order valence-corrected chi connectivity index (χ4v) is 1.99. The van der Waals surface area contributed by atoms with Crippen molar-refractivity contribution in [2.45, 2.75) is 6.42 Å². The number of hydrogen-bond donors (Lipinski definition) is 2. The SMILES string of the molecule is O=C(O)Nc1cc(N2CCC2)c(Cl)cc1[N+](=O)[O-]. The van der Waals surface area contributed by atoms with E-state index in [-0.39, 0.29) is 16.4 Å². The number of amides is 1. The highest BCUT2D eigenvalue weighted by molar-refractivity contribution is 6.33. The average Bonchev–Trinajstić information content (AvgIpc) is 2.18. The van der Waals surface area contributed by atoms with Gasteiger partial charge in [0.2, 0.25) is 0 Å². The van der Waals surface area contributed by atoms with E-state index >= 15 is 0 Å². The number of nitrogens with one attached hydrogen (secondary N) is 1. The molecule has 2 N–H and O–H groups in total. The van der Waals surface area contributed by atoms with Crippen molar-refractivity contribution >= 4 is 34.8 Å². The van der Waals surface area contributed by atoms with E-state index in [9.17, 15) is 14.9 Å². The molecule has 1 amide bonds. The molecule has 1 fully saturated rings. The first-order chi connectivity index (χ1) is 8.49. The summed E-state index contributed by atoms with van der Waals surface area (Å²) in [4.78, 5) is 22.7. The Labute approximate surface area is 107 Å². The highest BCUT2D eigenvalue weighted by Gasteiger charge is 2.24. The molecule has 0 radical (unpaired) electrons. The first kappa shape index (κ1) is 12.4. The second-order valence-corrected chi connectivity index (χ2v) is 4.26. The van der Waals surface area contributed by atoms with E-state index in [1.807, 2.05) is 10.2 Å². The third-order valence-electron chi connectivity index (χ3n) is 2.70. The van der Waals surface area contributed by atoms with Crippen molar-refractivity contribution in [3.05, 3.63) is 27.3 Å². The zero-order chi connectivity index (χ0) is 13.3. The number of benzene rings is 1. The molecule has 96 valence electrons. The van der Waals surface area contributed by atoms with E-state index in [0.29, 0.717) is 5.69 Å². The van der Waals surface area contributed by atoms with Gasteiger partial charge in [0.15, 0.2) is 0 Å². The predicted octanol–water partition coefficient (Wildman–Crippen LogP) is 2.55. The van der Waals surface area contributed by atoms with Crippen LogP contribution in [0.4, 0.5) is 21.9 Å². The lowest BCUT2D eigenvalue weighted by Crippen LogP contribution is -2.37. The maximum Gasteiger partial charge on any atom is 0.409 e. The van der Waals surface area contributed by atoms with Gasteiger partial charge in [-0.2, -0.15) is 0 Å². The number of nitro benzene ring substituents is 1. The number of nitro groups is 1. The topological polar surface area (TPSA) is 95.7 Å². The van der Waals surface area contributed by atoms with Crippen LogP contribution in [0.1, 0.15) is 6.42 Å². The number of nitrogens with zero attached hydrogens (tertiary/aromatic N) is 2. The van der Waals surface area contributed by atoms with Crippen molar-refractivity contribution in [1.82, 2.24) is 0 Å². The van der Waals surface area contributed by atoms with Gasteiger partial charge in [-0.1, -0.05) is 11.6 Å². The summed E-state index contributed by atoms with van der Waals surface area (Å²) >= 11 is 5.97. The number of carboxylic acid groups (broad SMARTS) is 1. The summed E-state index contributed by atoms with van der Waals surface area (Å²) in [7, 11) is 0. The minimum Gasteiger partial charge on any atom is -0.465 e. The van der Waals surface area contributed by atoms with Gasteiger partial charge in [-0.05, 0) is 12.5 Å². The highest BCUT2D eigenvalue weighted by atomic mass is 35.5. The largest absolute Gasteiger partial charge is 0.465 e. The van der Waals surface area contributed by atoms with Crippen LogP contribution in [-0.4, -0.2) is 29.2 Å². The summed E-state index contributed by atoms with van der Waals surface area (Å²) in [5, 5.41) is 21.7. The van der Waals surface area contributed by atoms with Gasteiger partial charge in [0.1, 0.15) is 5.69 Å². The Bertz CT molecular complexity index is 516. The Morgan fingerprint density at radius 2 is 2.17 bits per heavy atom. The molecule has 1 aromatic rings. The van der Waals surface area contributed by atoms with Gasteiger partial charge >= 0.3 is 6.09 Å². The van der Waals surface area contributed by atoms with Crippen LogP contribution in [-0.2, 0) is 0 Å². The molecule has 7 nitrogen and oxygen atoms in total. The Balaban J connectivity index is 2.45. The first-order valence-electron chi connectivity index (χ1n) is 5.22. The van der Waals surface area contributed by atoms with Gasteiger partial charge < -0.3 is 10.0 Å². The molecule has 1 saturated heterocycles. The molecule has 0 atom stereocenters. The van der Waals surface area contributed by atoms with E-state index in [4.69, 9.17) is 16.7 Å². The average molecular weight is 272 g/mol. The molecule has 0 spiro atoms. The molecule has 1 aromatic carbocycles. The Morgan fingerprint density at radius 3 is 2.61 bits per heavy atom. The summed E-state index contributed by atoms with van der Waals surface area (Å²) in [6, 6.07) is 2.56. The third kappa shape index (κ3) is 2.30. The summed E-state index contributed by atoms with van der Waals surface area (Å²) in [6.45, 7) is 1.62. The maximum atomic E-state index is 10.8. The molecule has 1 aliphatic heterocycles. The lowest BCUT2D eigenvalue weighted by Gasteiger charge is -2.34. The van der Waals surface area contributed by atoms with Crippen LogP contribution in [0.25, 0.3) is 0 Å². The highest BCUT2D eigenvalue weighted by Crippen LogP contribution is 2.37. The van der Waals surface area contributed by atoms with Crippen LogP contribution in [0.15, 0.2) is 12.1 Å². The predicted molar refractivity (Wildman–Crippen MR) is 66.6 cm³/mol. The monoisotopic (exact) mass is 271 g/mol. The molecule has 8 heteroatoms. The van der Waals surface area contributed by atoms with Crippen LogP contribution >= 0.6 is 11.6 Å². The lowest BCUT2D eigenvalue weighted by molar-refractivity contribution is -0.383. The van der Waals surface area contributed by atoms with Gasteiger partial charge in [0.05, 0.1) is 15.6 Å². The van der Waals surface area contributed by atoms with Crippen LogP contribution in [0.5, 0.6) is 0 Å². The van der Waals surface area contributed by atoms with Crippen molar-refractivity contribution < 1.29 is 14.8 Å². The molecular formula is C10H10ClN3O4. The summed E-state index contributed by atoms with van der Waals surface area (Å²) < 4.78 is 0. The Kier molecular flexibility index (Phi) is 3.24. The van der Waals surface area contributed by atoms with Crippen molar-refractivity contribution in [2.24, 2.45) is 0 Å². The van der Waals surface area contributed by atoms with Crippen molar-refractivity contribution in [3.63, 3.8) is 0 Å². The quantitative estimate of drug-likeness (QED) is 0.650. The maximum absolute atomic E-state index is 10.8. The molecule has 1 heterocycles. The molecule has 18 heavy (non-hydrogen) atoms. The third-order valence-corrected chi connectivity index (χ3v) is 3.00. The van der Waals surface area contributed by atoms with Crippen LogP contribution in [0.2, 0.25) is 5.02 Å². The standard InChI is InChI=1S/C10H10ClN3O4/c11-6-4-9(14(17)18)7(12-10(15)16)5-8(6)13-2-1-3-13/h4-5,12H,1-3H2,(H,15,16). The molecule has 2 rings (SSSR count). The van der Waals surface area contributed by atoms with Crippen LogP contribution < -0.4 is 10.2 Å². The first-order valence-corrected chi connectivity index (χ1v) is 5.59. The van der Waals surface area contributed by atoms with Crippen LogP contribution in [0, 0.1) is 10.1 Å². The Hall–Kier alpha value is -2.02. The minimum atomic E-state index is -1.35. The van der Waals surface area contributed by atoms with Crippen molar-refractivity contribution in [1.29, 1.82) is 0 Å². The number of anilines is 2. The van der Waals surface area contributed by atoms with Gasteiger partial charge in [0.25, 0.3) is 5.69 Å². The second kappa shape index (κ2) is 4.69. The van der Waals surface area contributed by atoms with Gasteiger partial charge in [-0.25, -0.2) is 4.79 Å². The molecule has 0 aromatic heterocycles. The zero-order valence-corrected chi connectivity index (χ0v) is 9.98. The van der Waals surface area contributed by atoms with Gasteiger partial charge in [-0.3, -0.25) is 15.4 Å². The molecule has 0 saturated carbocycles. The van der Waals surface area contributed by atoms with E-state index in [0.717, 1.165) is 19.5 Å².